The van der Waals surface area contributed by atoms with Gasteiger partial charge in [0.05, 0.1) is 8.07 Å². The van der Waals surface area contributed by atoms with E-state index < -0.39 is 21.8 Å². The number of fused-ring (bicyclic) bond motifs is 3. The second kappa shape index (κ2) is 11.6. The van der Waals surface area contributed by atoms with Gasteiger partial charge in [-0.2, -0.15) is 0 Å². The van der Waals surface area contributed by atoms with E-state index in [0.717, 1.165) is 27.6 Å². The van der Waals surface area contributed by atoms with E-state index in [-0.39, 0.29) is 31.2 Å². The van der Waals surface area contributed by atoms with Gasteiger partial charge >= 0.3 is 0 Å². The normalized spacial score (nSPS) is 14.1. The summed E-state index contributed by atoms with van der Waals surface area (Å²) in [4.78, 5) is 8.96. The van der Waals surface area contributed by atoms with Crippen LogP contribution >= 0.6 is 0 Å². The third-order valence-corrected chi connectivity index (χ3v) is 7.99. The van der Waals surface area contributed by atoms with Crippen LogP contribution in [0.25, 0.3) is 44.6 Å². The molecule has 0 aliphatic heterocycles. The maximum atomic E-state index is 7.28. The average Bonchev–Trinajstić information content (AvgIpc) is 3.34. The van der Waals surface area contributed by atoms with Gasteiger partial charge in [0.15, 0.2) is 0 Å². The molecule has 0 aliphatic carbocycles. The van der Waals surface area contributed by atoms with Gasteiger partial charge in [-0.1, -0.05) is 68.1 Å². The smallest absolute Gasteiger partial charge is 0.218 e. The third-order valence-electron chi connectivity index (χ3n) is 6.00. The quantitative estimate of drug-likeness (QED) is 0.139. The van der Waals surface area contributed by atoms with E-state index >= 15 is 0 Å². The fraction of sp³-hybridized carbons (Fsp3) is 0.152. The van der Waals surface area contributed by atoms with Gasteiger partial charge in [0.1, 0.15) is 5.58 Å². The van der Waals surface area contributed by atoms with Crippen molar-refractivity contribution in [2.75, 3.05) is 0 Å². The van der Waals surface area contributed by atoms with E-state index in [9.17, 15) is 0 Å². The van der Waals surface area contributed by atoms with Gasteiger partial charge in [-0.15, -0.1) is 71.3 Å². The first-order valence-electron chi connectivity index (χ1n) is 15.0. The van der Waals surface area contributed by atoms with Crippen molar-refractivity contribution in [1.29, 1.82) is 0 Å². The zero-order valence-corrected chi connectivity index (χ0v) is 24.7. The Labute approximate surface area is 247 Å². The Morgan fingerprint density at radius 2 is 1.61 bits per heavy atom. The minimum atomic E-state index is -2.18. The zero-order valence-electron chi connectivity index (χ0n) is 27.3. The van der Waals surface area contributed by atoms with Crippen LogP contribution in [0.3, 0.4) is 0 Å². The second-order valence-corrected chi connectivity index (χ2v) is 14.8. The standard InChI is InChI=1S/C20H18NOSi.C13H12N.Ir/c1-23(2,3)18-13-16-15-11-7-8-12-17(15)22-20(16)21-19(18)14-9-5-4-6-10-14;1-10-3-6-12(7-4-10)13-8-5-11(2)9-14-13;/h4-9,11-13H,1-3H3;3-6,8-9H,1-2H3;/q2*-1;/i;1D3,2D3;. The van der Waals surface area contributed by atoms with E-state index in [2.05, 4.69) is 55.0 Å². The van der Waals surface area contributed by atoms with E-state index in [4.69, 9.17) is 17.6 Å². The fourth-order valence-electron chi connectivity index (χ4n) is 4.10. The van der Waals surface area contributed by atoms with Crippen LogP contribution in [0.4, 0.5) is 0 Å². The van der Waals surface area contributed by atoms with Crippen molar-refractivity contribution >= 4 is 35.3 Å². The number of para-hydroxylation sites is 1. The van der Waals surface area contributed by atoms with Crippen LogP contribution in [0.2, 0.25) is 19.6 Å². The molecule has 3 aromatic carbocycles. The SMILES string of the molecule is C[Si](C)(C)c1cc2c(nc1-c1[c-]cccc1)oc1ccccc12.[2H]C([2H])([2H])c1c[c-]c(-c2ccc(C([2H])([2H])[2H])cn2)cc1.[Ir]. The summed E-state index contributed by atoms with van der Waals surface area (Å²) in [6.45, 7) is 2.72. The maximum Gasteiger partial charge on any atom is 0.218 e. The maximum absolute atomic E-state index is 7.28. The van der Waals surface area contributed by atoms with Gasteiger partial charge in [0.2, 0.25) is 5.71 Å². The molecular weight excluding hydrogens is 661 g/mol. The molecule has 5 heteroatoms. The predicted molar refractivity (Wildman–Crippen MR) is 157 cm³/mol. The van der Waals surface area contributed by atoms with Crippen molar-refractivity contribution in [2.45, 2.75) is 33.3 Å². The molecule has 6 aromatic rings. The van der Waals surface area contributed by atoms with Gasteiger partial charge in [-0.3, -0.25) is 4.98 Å². The molecule has 0 fully saturated rings. The van der Waals surface area contributed by atoms with Crippen LogP contribution in [-0.4, -0.2) is 18.0 Å². The molecule has 0 unspecified atom stereocenters. The molecule has 0 saturated carbocycles. The Hall–Kier alpha value is -3.37. The number of benzene rings is 3. The molecule has 38 heavy (non-hydrogen) atoms. The molecule has 3 heterocycles. The van der Waals surface area contributed by atoms with Crippen molar-refractivity contribution < 1.29 is 32.7 Å². The van der Waals surface area contributed by atoms with Crippen molar-refractivity contribution in [1.82, 2.24) is 9.97 Å². The van der Waals surface area contributed by atoms with Crippen LogP contribution in [0.1, 0.15) is 19.4 Å². The molecule has 193 valence electrons. The van der Waals surface area contributed by atoms with Gasteiger partial charge in [-0.25, -0.2) is 0 Å². The third kappa shape index (κ3) is 6.02. The monoisotopic (exact) mass is 697 g/mol. The molecule has 0 atom stereocenters. The van der Waals surface area contributed by atoms with Crippen molar-refractivity contribution in [2.24, 2.45) is 0 Å². The van der Waals surface area contributed by atoms with Crippen LogP contribution in [-0.2, 0) is 20.1 Å². The summed E-state index contributed by atoms with van der Waals surface area (Å²) in [5.41, 5.74) is 5.20. The van der Waals surface area contributed by atoms with Crippen molar-refractivity contribution in [3.8, 4) is 22.5 Å². The molecule has 6 rings (SSSR count). The van der Waals surface area contributed by atoms with Crippen LogP contribution in [0.5, 0.6) is 0 Å². The number of aromatic nitrogens is 2. The number of pyridine rings is 2. The van der Waals surface area contributed by atoms with E-state index in [1.165, 1.54) is 29.6 Å². The van der Waals surface area contributed by atoms with Crippen molar-refractivity contribution in [3.05, 3.63) is 114 Å². The Balaban J connectivity index is 0.000000199. The summed E-state index contributed by atoms with van der Waals surface area (Å²) in [5.74, 6) is 0. The number of hydrogen-bond acceptors (Lipinski definition) is 3. The molecule has 0 bridgehead atoms. The van der Waals surface area contributed by atoms with Crippen LogP contribution in [0.15, 0.2) is 95.5 Å². The molecule has 1 radical (unpaired) electrons. The molecule has 3 aromatic heterocycles. The largest absolute Gasteiger partial charge is 0.439 e. The molecule has 0 saturated heterocycles. The van der Waals surface area contributed by atoms with E-state index in [0.29, 0.717) is 17.0 Å². The fourth-order valence-corrected chi connectivity index (χ4v) is 5.58. The summed E-state index contributed by atoms with van der Waals surface area (Å²) in [6, 6.07) is 32.2. The van der Waals surface area contributed by atoms with Gasteiger partial charge < -0.3 is 9.40 Å². The number of hydrogen-bond donors (Lipinski definition) is 0. The summed E-state index contributed by atoms with van der Waals surface area (Å²) < 4.78 is 49.6. The van der Waals surface area contributed by atoms with Crippen LogP contribution in [0, 0.1) is 25.8 Å². The number of furan rings is 1. The average molecular weight is 697 g/mol. The Morgan fingerprint density at radius 3 is 2.26 bits per heavy atom. The van der Waals surface area contributed by atoms with E-state index in [1.54, 1.807) is 12.1 Å². The van der Waals surface area contributed by atoms with E-state index in [1.807, 2.05) is 36.4 Å². The molecular formula is C33H30IrN2OSi-2. The second-order valence-electron chi connectivity index (χ2n) is 9.78. The first-order chi connectivity index (χ1) is 20.2. The van der Waals surface area contributed by atoms with Crippen LogP contribution < -0.4 is 5.19 Å². The Bertz CT molecular complexity index is 1810. The minimum absolute atomic E-state index is 0. The topological polar surface area (TPSA) is 38.9 Å². The molecule has 0 amide bonds. The Morgan fingerprint density at radius 1 is 0.816 bits per heavy atom. The number of rotatable bonds is 3. The first kappa shape index (κ1) is 20.6. The summed E-state index contributed by atoms with van der Waals surface area (Å²) >= 11 is 0. The van der Waals surface area contributed by atoms with Crippen molar-refractivity contribution in [3.63, 3.8) is 0 Å². The summed E-state index contributed by atoms with van der Waals surface area (Å²) in [5, 5.41) is 3.59. The molecule has 0 spiro atoms. The van der Waals surface area contributed by atoms with Gasteiger partial charge in [0, 0.05) is 45.3 Å². The molecule has 0 N–H and O–H groups in total. The summed E-state index contributed by atoms with van der Waals surface area (Å²) in [6.07, 6.45) is 1.30. The first-order valence-corrected chi connectivity index (χ1v) is 15.5. The van der Waals surface area contributed by atoms with Gasteiger partial charge in [0.25, 0.3) is 0 Å². The Kier molecular flexibility index (Phi) is 6.26. The number of nitrogens with zero attached hydrogens (tertiary/aromatic N) is 2. The van der Waals surface area contributed by atoms with Gasteiger partial charge in [-0.05, 0) is 29.9 Å². The molecule has 0 aliphatic rings. The zero-order chi connectivity index (χ0) is 31.0. The molecule has 3 nitrogen and oxygen atoms in total. The summed E-state index contributed by atoms with van der Waals surface area (Å²) in [7, 11) is -1.56. The number of aryl methyl sites for hydroxylation is 2. The predicted octanol–water partition coefficient (Wildman–Crippen LogP) is 8.16. The minimum Gasteiger partial charge on any atom is -0.439 e.